The van der Waals surface area contributed by atoms with Crippen LogP contribution in [0.2, 0.25) is 0 Å². The van der Waals surface area contributed by atoms with E-state index in [0.29, 0.717) is 0 Å². The molecule has 0 atom stereocenters. The molecule has 0 heterocycles. The van der Waals surface area contributed by atoms with Crippen LogP contribution in [0, 0.1) is 0 Å². The first-order chi connectivity index (χ1) is 7.60. The third-order valence-electron chi connectivity index (χ3n) is 2.00. The molecule has 0 radical (unpaired) electrons. The number of hydrogen-bond donors (Lipinski definition) is 4. The minimum Gasteiger partial charge on any atom is -0.394 e. The van der Waals surface area contributed by atoms with Crippen LogP contribution in [0.15, 0.2) is 0 Å². The summed E-state index contributed by atoms with van der Waals surface area (Å²) in [5, 5.41) is 26.7. The molecule has 0 bridgehead atoms. The molecule has 0 saturated carbocycles. The molecule has 0 aliphatic rings. The number of nitrogens with one attached hydrogen (secondary N) is 1. The van der Waals surface area contributed by atoms with Gasteiger partial charge in [0, 0.05) is 6.26 Å². The summed E-state index contributed by atoms with van der Waals surface area (Å²) in [6, 6.07) is 0. The molecular weight excluding hydrogens is 274 g/mol. The number of rotatable bonds is 8. The summed E-state index contributed by atoms with van der Waals surface area (Å²) in [4.78, 5) is 0. The molecule has 0 aliphatic carbocycles. The maximum Gasteiger partial charge on any atom is 0.213 e. The Morgan fingerprint density at radius 3 is 1.65 bits per heavy atom. The van der Waals surface area contributed by atoms with E-state index in [-0.39, 0.29) is 0 Å². The molecule has 0 spiro atoms. The molecule has 10 heteroatoms. The van der Waals surface area contributed by atoms with Gasteiger partial charge >= 0.3 is 0 Å². The number of aliphatic hydroxyl groups excluding tert-OH is 3. The van der Waals surface area contributed by atoms with Gasteiger partial charge in [-0.3, -0.25) is 0 Å². The summed E-state index contributed by atoms with van der Waals surface area (Å²) < 4.78 is 46.4. The van der Waals surface area contributed by atoms with Gasteiger partial charge in [-0.2, -0.15) is 0 Å². The fourth-order valence-electron chi connectivity index (χ4n) is 0.889. The van der Waals surface area contributed by atoms with E-state index < -0.39 is 56.7 Å². The van der Waals surface area contributed by atoms with Crippen molar-refractivity contribution < 1.29 is 32.2 Å². The first-order valence-electron chi connectivity index (χ1n) is 4.62. The molecule has 104 valence electrons. The van der Waals surface area contributed by atoms with Crippen LogP contribution in [0.4, 0.5) is 0 Å². The Morgan fingerprint density at radius 2 is 1.35 bits per heavy atom. The molecule has 0 amide bonds. The molecule has 0 aromatic heterocycles. The summed E-state index contributed by atoms with van der Waals surface area (Å²) >= 11 is 0. The highest BCUT2D eigenvalue weighted by molar-refractivity contribution is 7.93. The number of sulfonamides is 1. The van der Waals surface area contributed by atoms with Gasteiger partial charge in [0.1, 0.15) is 15.4 Å². The molecule has 0 saturated heterocycles. The summed E-state index contributed by atoms with van der Waals surface area (Å²) in [6.45, 7) is -2.42. The fourth-order valence-corrected chi connectivity index (χ4v) is 3.93. The topological polar surface area (TPSA) is 141 Å². The summed E-state index contributed by atoms with van der Waals surface area (Å²) in [5.74, 6) is -1.28. The maximum absolute atomic E-state index is 11.5. The van der Waals surface area contributed by atoms with Gasteiger partial charge in [0.2, 0.25) is 10.0 Å². The Balaban J connectivity index is 4.75. The predicted molar refractivity (Wildman–Crippen MR) is 60.6 cm³/mol. The molecule has 0 unspecified atom stereocenters. The second kappa shape index (κ2) is 6.07. The fraction of sp³-hybridized carbons (Fsp3) is 1.00. The van der Waals surface area contributed by atoms with Crippen LogP contribution >= 0.6 is 0 Å². The van der Waals surface area contributed by atoms with Crippen molar-refractivity contribution in [1.82, 2.24) is 4.72 Å². The second-order valence-electron chi connectivity index (χ2n) is 3.81. The number of sulfone groups is 1. The lowest BCUT2D eigenvalue weighted by Gasteiger charge is -2.28. The van der Waals surface area contributed by atoms with Crippen molar-refractivity contribution in [3.8, 4) is 0 Å². The van der Waals surface area contributed by atoms with E-state index in [0.717, 1.165) is 6.26 Å². The quantitative estimate of drug-likeness (QED) is 0.366. The van der Waals surface area contributed by atoms with Crippen molar-refractivity contribution in [1.29, 1.82) is 0 Å². The van der Waals surface area contributed by atoms with Gasteiger partial charge in [0.25, 0.3) is 0 Å². The summed E-state index contributed by atoms with van der Waals surface area (Å²) in [7, 11) is -7.46. The van der Waals surface area contributed by atoms with Crippen molar-refractivity contribution in [3.05, 3.63) is 0 Å². The molecule has 4 N–H and O–H groups in total. The first kappa shape index (κ1) is 16.7. The van der Waals surface area contributed by atoms with Gasteiger partial charge in [-0.05, 0) is 0 Å². The number of aliphatic hydroxyl groups is 3. The van der Waals surface area contributed by atoms with E-state index in [1.165, 1.54) is 0 Å². The van der Waals surface area contributed by atoms with Crippen molar-refractivity contribution in [2.45, 2.75) is 5.54 Å². The third-order valence-corrected chi connectivity index (χ3v) is 4.69. The van der Waals surface area contributed by atoms with Gasteiger partial charge in [-0.25, -0.2) is 21.6 Å². The van der Waals surface area contributed by atoms with E-state index in [1.807, 2.05) is 4.72 Å². The van der Waals surface area contributed by atoms with Crippen LogP contribution < -0.4 is 4.72 Å². The van der Waals surface area contributed by atoms with Crippen LogP contribution in [0.5, 0.6) is 0 Å². The maximum atomic E-state index is 11.5. The summed E-state index contributed by atoms with van der Waals surface area (Å²) in [5.41, 5.74) is -1.78. The van der Waals surface area contributed by atoms with Crippen LogP contribution in [-0.4, -0.2) is 75.3 Å². The lowest BCUT2D eigenvalue weighted by Crippen LogP contribution is -2.57. The highest BCUT2D eigenvalue weighted by Gasteiger charge is 2.33. The zero-order valence-corrected chi connectivity index (χ0v) is 11.0. The molecule has 0 aromatic carbocycles. The zero-order chi connectivity index (χ0) is 13.7. The monoisotopic (exact) mass is 291 g/mol. The molecule has 0 rings (SSSR count). The Morgan fingerprint density at radius 1 is 0.941 bits per heavy atom. The van der Waals surface area contributed by atoms with Crippen LogP contribution in [0.1, 0.15) is 0 Å². The SMILES string of the molecule is CS(=O)(=O)CCS(=O)(=O)NC(CO)(CO)CO. The largest absolute Gasteiger partial charge is 0.394 e. The minimum absolute atomic E-state index is 0.583. The molecule has 0 aromatic rings. The van der Waals surface area contributed by atoms with Gasteiger partial charge in [0.15, 0.2) is 0 Å². The smallest absolute Gasteiger partial charge is 0.213 e. The van der Waals surface area contributed by atoms with Crippen LogP contribution in [-0.2, 0) is 19.9 Å². The van der Waals surface area contributed by atoms with Crippen LogP contribution in [0.25, 0.3) is 0 Å². The standard InChI is InChI=1S/C7H17NO7S2/c1-16(12,13)2-3-17(14,15)8-7(4-9,5-10)6-11/h8-11H,2-6H2,1H3. The third kappa shape index (κ3) is 6.29. The first-order valence-corrected chi connectivity index (χ1v) is 8.33. The molecule has 17 heavy (non-hydrogen) atoms. The number of hydrogen-bond acceptors (Lipinski definition) is 7. The van der Waals surface area contributed by atoms with Gasteiger partial charge in [0.05, 0.1) is 31.3 Å². The molecule has 8 nitrogen and oxygen atoms in total. The van der Waals surface area contributed by atoms with E-state index in [4.69, 9.17) is 15.3 Å². The van der Waals surface area contributed by atoms with E-state index >= 15 is 0 Å². The molecular formula is C7H17NO7S2. The van der Waals surface area contributed by atoms with Crippen molar-refractivity contribution in [2.75, 3.05) is 37.6 Å². The second-order valence-corrected chi connectivity index (χ2v) is 7.91. The van der Waals surface area contributed by atoms with Gasteiger partial charge in [-0.15, -0.1) is 0 Å². The van der Waals surface area contributed by atoms with Gasteiger partial charge < -0.3 is 15.3 Å². The van der Waals surface area contributed by atoms with Crippen LogP contribution in [0.3, 0.4) is 0 Å². The van der Waals surface area contributed by atoms with E-state index in [9.17, 15) is 16.8 Å². The molecule has 0 fully saturated rings. The minimum atomic E-state index is -4.02. The Bertz CT molecular complexity index is 415. The van der Waals surface area contributed by atoms with E-state index in [2.05, 4.69) is 0 Å². The highest BCUT2D eigenvalue weighted by Crippen LogP contribution is 2.05. The van der Waals surface area contributed by atoms with Crippen molar-refractivity contribution in [2.24, 2.45) is 0 Å². The van der Waals surface area contributed by atoms with Gasteiger partial charge in [-0.1, -0.05) is 0 Å². The normalized spacial score (nSPS) is 13.9. The molecule has 0 aliphatic heterocycles. The Hall–Kier alpha value is -0.260. The lowest BCUT2D eigenvalue weighted by molar-refractivity contribution is 0.0582. The average Bonchev–Trinajstić information content (AvgIpc) is 2.23. The Labute approximate surface area is 100 Å². The average molecular weight is 291 g/mol. The van der Waals surface area contributed by atoms with Crippen molar-refractivity contribution in [3.63, 3.8) is 0 Å². The highest BCUT2D eigenvalue weighted by atomic mass is 32.2. The lowest BCUT2D eigenvalue weighted by atomic mass is 10.1. The van der Waals surface area contributed by atoms with E-state index in [1.54, 1.807) is 0 Å². The van der Waals surface area contributed by atoms with Crippen molar-refractivity contribution >= 4 is 19.9 Å². The Kier molecular flexibility index (Phi) is 5.98. The predicted octanol–water partition coefficient (Wildman–Crippen LogP) is -3.33. The summed E-state index contributed by atoms with van der Waals surface area (Å²) in [6.07, 6.45) is 0.889. The zero-order valence-electron chi connectivity index (χ0n) is 9.33.